The maximum Gasteiger partial charge on any atom is 0.158 e. The summed E-state index contributed by atoms with van der Waals surface area (Å²) >= 11 is 0. The van der Waals surface area contributed by atoms with Crippen LogP contribution in [-0.4, -0.2) is 52.1 Å². The number of aliphatic imine (C=N–C) groups is 1. The van der Waals surface area contributed by atoms with Crippen LogP contribution in [0, 0.1) is 13.8 Å². The van der Waals surface area contributed by atoms with Crippen molar-refractivity contribution >= 4 is 17.7 Å². The van der Waals surface area contributed by atoms with Gasteiger partial charge >= 0.3 is 0 Å². The third kappa shape index (κ3) is 4.38. The number of fused-ring (bicyclic) bond motifs is 1. The molecule has 1 saturated heterocycles. The van der Waals surface area contributed by atoms with Crippen LogP contribution in [0.1, 0.15) is 22.5 Å². The molecule has 0 spiro atoms. The quantitative estimate of drug-likeness (QED) is 0.453. The predicted octanol–water partition coefficient (Wildman–Crippen LogP) is 3.86. The van der Waals surface area contributed by atoms with Crippen LogP contribution >= 0.6 is 0 Å². The van der Waals surface area contributed by atoms with E-state index in [-0.39, 0.29) is 0 Å². The molecule has 32 heavy (non-hydrogen) atoms. The van der Waals surface area contributed by atoms with E-state index in [1.165, 1.54) is 5.56 Å². The van der Waals surface area contributed by atoms with E-state index < -0.39 is 0 Å². The molecule has 0 unspecified atom stereocenters. The lowest BCUT2D eigenvalue weighted by Crippen LogP contribution is -2.37. The first-order valence-electron chi connectivity index (χ1n) is 10.9. The van der Waals surface area contributed by atoms with E-state index in [1.807, 2.05) is 48.1 Å². The number of hydrogen-bond donors (Lipinski definition) is 0. The highest BCUT2D eigenvalue weighted by molar-refractivity contribution is 5.79. The van der Waals surface area contributed by atoms with Crippen molar-refractivity contribution in [1.82, 2.24) is 19.6 Å². The van der Waals surface area contributed by atoms with Gasteiger partial charge in [-0.15, -0.1) is 0 Å². The number of benzene rings is 1. The first kappa shape index (κ1) is 20.3. The van der Waals surface area contributed by atoms with Crippen LogP contribution in [0.4, 0.5) is 5.82 Å². The monoisotopic (exact) mass is 426 g/mol. The van der Waals surface area contributed by atoms with E-state index >= 15 is 0 Å². The molecule has 0 radical (unpaired) electrons. The molecule has 5 rings (SSSR count). The molecule has 1 aliphatic heterocycles. The Morgan fingerprint density at radius 1 is 1.06 bits per heavy atom. The van der Waals surface area contributed by atoms with E-state index in [9.17, 15) is 0 Å². The summed E-state index contributed by atoms with van der Waals surface area (Å²) in [7, 11) is 0. The molecule has 0 amide bonds. The summed E-state index contributed by atoms with van der Waals surface area (Å²) in [6.45, 7) is 7.64. The summed E-state index contributed by atoms with van der Waals surface area (Å²) in [5.41, 5.74) is 6.87. The predicted molar refractivity (Wildman–Crippen MR) is 126 cm³/mol. The van der Waals surface area contributed by atoms with Gasteiger partial charge in [0, 0.05) is 48.9 Å². The maximum atomic E-state index is 5.55. The molecule has 0 N–H and O–H groups in total. The molecule has 1 aliphatic rings. The molecule has 4 heterocycles. The first-order valence-corrected chi connectivity index (χ1v) is 10.9. The Morgan fingerprint density at radius 2 is 1.94 bits per heavy atom. The van der Waals surface area contributed by atoms with Crippen molar-refractivity contribution in [3.63, 3.8) is 0 Å². The Hall–Kier alpha value is -3.58. The average molecular weight is 427 g/mol. The Labute approximate surface area is 187 Å². The fraction of sp³-hybridized carbons (Fsp3) is 0.280. The first-order chi connectivity index (χ1) is 15.7. The second-order valence-electron chi connectivity index (χ2n) is 8.08. The van der Waals surface area contributed by atoms with Gasteiger partial charge in [0.25, 0.3) is 0 Å². The molecule has 7 heteroatoms. The minimum Gasteiger partial charge on any atom is -0.378 e. The topological polar surface area (TPSA) is 67.9 Å². The van der Waals surface area contributed by atoms with Gasteiger partial charge in [-0.2, -0.15) is 9.61 Å². The highest BCUT2D eigenvalue weighted by Crippen LogP contribution is 2.24. The molecule has 1 aromatic carbocycles. The molecule has 0 bridgehead atoms. The van der Waals surface area contributed by atoms with Gasteiger partial charge in [0.2, 0.25) is 0 Å². The second kappa shape index (κ2) is 8.88. The minimum absolute atomic E-state index is 0.508. The number of nitrogens with zero attached hydrogens (tertiary/aromatic N) is 6. The lowest BCUT2D eigenvalue weighted by molar-refractivity contribution is 0.122. The van der Waals surface area contributed by atoms with Crippen molar-refractivity contribution in [2.24, 2.45) is 4.99 Å². The van der Waals surface area contributed by atoms with Crippen molar-refractivity contribution in [1.29, 1.82) is 0 Å². The molecule has 7 nitrogen and oxygen atoms in total. The number of aromatic nitrogens is 4. The van der Waals surface area contributed by atoms with Crippen molar-refractivity contribution in [3.05, 3.63) is 77.2 Å². The van der Waals surface area contributed by atoms with Gasteiger partial charge in [-0.1, -0.05) is 29.8 Å². The summed E-state index contributed by atoms with van der Waals surface area (Å²) in [4.78, 5) is 16.2. The lowest BCUT2D eigenvalue weighted by atomic mass is 10.1. The van der Waals surface area contributed by atoms with Gasteiger partial charge in [-0.25, -0.2) is 4.98 Å². The molecule has 0 aliphatic carbocycles. The zero-order valence-corrected chi connectivity index (χ0v) is 18.4. The van der Waals surface area contributed by atoms with Crippen molar-refractivity contribution in [2.45, 2.75) is 20.4 Å². The molecule has 0 atom stereocenters. The fourth-order valence-electron chi connectivity index (χ4n) is 3.86. The Kier molecular flexibility index (Phi) is 5.64. The average Bonchev–Trinajstić information content (AvgIpc) is 3.24. The number of morpholine rings is 1. The highest BCUT2D eigenvalue weighted by atomic mass is 16.5. The highest BCUT2D eigenvalue weighted by Gasteiger charge is 2.18. The molecule has 162 valence electrons. The summed E-state index contributed by atoms with van der Waals surface area (Å²) in [6, 6.07) is 16.5. The van der Waals surface area contributed by atoms with Crippen LogP contribution in [0.25, 0.3) is 16.9 Å². The Morgan fingerprint density at radius 3 is 2.72 bits per heavy atom. The van der Waals surface area contributed by atoms with Gasteiger partial charge in [-0.05, 0) is 31.5 Å². The SMILES string of the molecule is Cc1cccc(C=NCc2cc(N3CCOCC3)n3nc(-c4ccc(C)nc4)cc3n2)c1. The van der Waals surface area contributed by atoms with Crippen molar-refractivity contribution < 1.29 is 4.74 Å². The minimum atomic E-state index is 0.508. The molecular weight excluding hydrogens is 400 g/mol. The maximum absolute atomic E-state index is 5.55. The normalized spacial score (nSPS) is 14.5. The van der Waals surface area contributed by atoms with E-state index in [1.54, 1.807) is 0 Å². The van der Waals surface area contributed by atoms with Crippen LogP contribution in [-0.2, 0) is 11.3 Å². The summed E-state index contributed by atoms with van der Waals surface area (Å²) in [5, 5.41) is 4.86. The van der Waals surface area contributed by atoms with Crippen LogP contribution in [0.15, 0.2) is 59.7 Å². The number of ether oxygens (including phenoxy) is 1. The van der Waals surface area contributed by atoms with Crippen LogP contribution in [0.5, 0.6) is 0 Å². The molecule has 1 fully saturated rings. The van der Waals surface area contributed by atoms with E-state index in [2.05, 4.69) is 46.1 Å². The van der Waals surface area contributed by atoms with Gasteiger partial charge in [0.1, 0.15) is 5.82 Å². The van der Waals surface area contributed by atoms with E-state index in [0.717, 1.165) is 52.8 Å². The molecule has 3 aromatic heterocycles. The van der Waals surface area contributed by atoms with E-state index in [4.69, 9.17) is 14.8 Å². The standard InChI is InChI=1S/C25H26N6O/c1-18-4-3-5-20(12-18)15-26-17-22-13-25(30-8-10-32-11-9-30)31-24(28-22)14-23(29-31)21-7-6-19(2)27-16-21/h3-7,12-16H,8-11,17H2,1-2H3. The number of hydrogen-bond acceptors (Lipinski definition) is 6. The zero-order valence-electron chi connectivity index (χ0n) is 18.4. The van der Waals surface area contributed by atoms with Gasteiger partial charge in [0.15, 0.2) is 5.65 Å². The van der Waals surface area contributed by atoms with Crippen LogP contribution in [0.2, 0.25) is 0 Å². The number of pyridine rings is 1. The third-order valence-corrected chi connectivity index (χ3v) is 5.54. The lowest BCUT2D eigenvalue weighted by Gasteiger charge is -2.29. The smallest absolute Gasteiger partial charge is 0.158 e. The zero-order chi connectivity index (χ0) is 21.9. The summed E-state index contributed by atoms with van der Waals surface area (Å²) in [5.74, 6) is 1.02. The number of rotatable bonds is 5. The van der Waals surface area contributed by atoms with E-state index in [0.29, 0.717) is 19.8 Å². The van der Waals surface area contributed by atoms with Gasteiger partial charge in [-0.3, -0.25) is 9.98 Å². The Balaban J connectivity index is 1.50. The van der Waals surface area contributed by atoms with Gasteiger partial charge < -0.3 is 9.64 Å². The fourth-order valence-corrected chi connectivity index (χ4v) is 3.86. The Bertz CT molecular complexity index is 1260. The molecule has 0 saturated carbocycles. The third-order valence-electron chi connectivity index (χ3n) is 5.54. The number of aryl methyl sites for hydroxylation is 2. The number of anilines is 1. The van der Waals surface area contributed by atoms with Crippen LogP contribution in [0.3, 0.4) is 0 Å². The van der Waals surface area contributed by atoms with Gasteiger partial charge in [0.05, 0.1) is 31.1 Å². The molecule has 4 aromatic rings. The molecular formula is C25H26N6O. The summed E-state index contributed by atoms with van der Waals surface area (Å²) < 4.78 is 7.48. The largest absolute Gasteiger partial charge is 0.378 e. The van der Waals surface area contributed by atoms with Crippen molar-refractivity contribution in [2.75, 3.05) is 31.2 Å². The van der Waals surface area contributed by atoms with Crippen molar-refractivity contribution in [3.8, 4) is 11.3 Å². The summed E-state index contributed by atoms with van der Waals surface area (Å²) in [6.07, 6.45) is 3.77. The second-order valence-corrected chi connectivity index (χ2v) is 8.08. The van der Waals surface area contributed by atoms with Crippen LogP contribution < -0.4 is 4.90 Å².